The first-order chi connectivity index (χ1) is 10.2. The smallest absolute Gasteiger partial charge is 0.326 e. The van der Waals surface area contributed by atoms with Crippen molar-refractivity contribution in [2.45, 2.75) is 44.1 Å². The van der Waals surface area contributed by atoms with Gasteiger partial charge in [0.15, 0.2) is 0 Å². The molecule has 1 aliphatic carbocycles. The van der Waals surface area contributed by atoms with Gasteiger partial charge >= 0.3 is 5.97 Å². The first-order valence-electron chi connectivity index (χ1n) is 7.82. The highest BCUT2D eigenvalue weighted by Crippen LogP contribution is 2.41. The summed E-state index contributed by atoms with van der Waals surface area (Å²) in [6.07, 6.45) is 5.83. The minimum atomic E-state index is -0.621. The van der Waals surface area contributed by atoms with Crippen LogP contribution in [0.3, 0.4) is 0 Å². The van der Waals surface area contributed by atoms with Crippen molar-refractivity contribution < 1.29 is 9.53 Å². The summed E-state index contributed by atoms with van der Waals surface area (Å²) in [5.74, 6) is 0.0341. The number of nitrogens with one attached hydrogen (secondary N) is 1. The fourth-order valence-corrected chi connectivity index (χ4v) is 3.35. The molecule has 0 radical (unpaired) electrons. The second kappa shape index (κ2) is 7.41. The van der Waals surface area contributed by atoms with Crippen LogP contribution in [0.25, 0.3) is 0 Å². The average molecular weight is 287 g/mol. The van der Waals surface area contributed by atoms with Crippen LogP contribution in [-0.2, 0) is 9.53 Å². The highest BCUT2D eigenvalue weighted by Gasteiger charge is 2.48. The molecule has 0 amide bonds. The minimum Gasteiger partial charge on any atom is -0.465 e. The van der Waals surface area contributed by atoms with E-state index in [1.165, 1.54) is 5.56 Å². The van der Waals surface area contributed by atoms with Gasteiger partial charge in [-0.15, -0.1) is 6.58 Å². The van der Waals surface area contributed by atoms with Crippen molar-refractivity contribution in [1.82, 2.24) is 5.32 Å². The second-order valence-corrected chi connectivity index (χ2v) is 5.57. The summed E-state index contributed by atoms with van der Waals surface area (Å²) in [6, 6.07) is 10.3. The van der Waals surface area contributed by atoms with Crippen LogP contribution in [0.4, 0.5) is 0 Å². The average Bonchev–Trinajstić information content (AvgIpc) is 2.54. The number of hydrogen-bond donors (Lipinski definition) is 1. The molecule has 1 N–H and O–H groups in total. The van der Waals surface area contributed by atoms with Gasteiger partial charge in [-0.1, -0.05) is 49.2 Å². The first-order valence-corrected chi connectivity index (χ1v) is 7.82. The molecule has 2 rings (SSSR count). The Hall–Kier alpha value is -1.61. The number of ether oxygens (including phenoxy) is 1. The molecular formula is C18H25NO2. The van der Waals surface area contributed by atoms with Gasteiger partial charge in [-0.2, -0.15) is 0 Å². The summed E-state index contributed by atoms with van der Waals surface area (Å²) in [4.78, 5) is 12.7. The van der Waals surface area contributed by atoms with Gasteiger partial charge in [-0.3, -0.25) is 10.1 Å². The Kier molecular flexibility index (Phi) is 5.57. The van der Waals surface area contributed by atoms with Crippen LogP contribution in [-0.4, -0.2) is 24.7 Å². The quantitative estimate of drug-likeness (QED) is 0.643. The zero-order valence-corrected chi connectivity index (χ0v) is 12.8. The zero-order chi connectivity index (χ0) is 15.1. The van der Waals surface area contributed by atoms with Crippen molar-refractivity contribution in [3.63, 3.8) is 0 Å². The van der Waals surface area contributed by atoms with E-state index in [2.05, 4.69) is 24.0 Å². The number of benzene rings is 1. The predicted octanol–water partition coefficient (Wildman–Crippen LogP) is 3.42. The molecule has 1 saturated carbocycles. The maximum atomic E-state index is 12.7. The molecule has 114 valence electrons. The maximum absolute atomic E-state index is 12.7. The third-order valence-corrected chi connectivity index (χ3v) is 4.31. The lowest BCUT2D eigenvalue weighted by Gasteiger charge is -2.42. The monoisotopic (exact) mass is 287 g/mol. The number of esters is 1. The lowest BCUT2D eigenvalue weighted by Crippen LogP contribution is -2.58. The van der Waals surface area contributed by atoms with Crippen molar-refractivity contribution in [3.8, 4) is 0 Å². The SMILES string of the molecule is C=CCNC1(C(=O)OCC)CCCCC1c1ccccc1. The Morgan fingerprint density at radius 3 is 2.86 bits per heavy atom. The molecule has 1 fully saturated rings. The molecule has 1 aliphatic rings. The highest BCUT2D eigenvalue weighted by molar-refractivity contribution is 5.82. The Morgan fingerprint density at radius 2 is 2.19 bits per heavy atom. The lowest BCUT2D eigenvalue weighted by molar-refractivity contribution is -0.153. The van der Waals surface area contributed by atoms with Gasteiger partial charge in [0.1, 0.15) is 5.54 Å². The van der Waals surface area contributed by atoms with E-state index in [1.54, 1.807) is 6.08 Å². The molecule has 2 unspecified atom stereocenters. The van der Waals surface area contributed by atoms with Gasteiger partial charge in [0, 0.05) is 12.5 Å². The molecule has 0 aromatic heterocycles. The molecule has 3 nitrogen and oxygen atoms in total. The summed E-state index contributed by atoms with van der Waals surface area (Å²) in [6.45, 7) is 6.65. The van der Waals surface area contributed by atoms with Gasteiger partial charge in [0.25, 0.3) is 0 Å². The van der Waals surface area contributed by atoms with Crippen molar-refractivity contribution in [2.24, 2.45) is 0 Å². The van der Waals surface area contributed by atoms with Crippen LogP contribution in [0.15, 0.2) is 43.0 Å². The largest absolute Gasteiger partial charge is 0.465 e. The van der Waals surface area contributed by atoms with E-state index in [0.717, 1.165) is 25.7 Å². The predicted molar refractivity (Wildman–Crippen MR) is 85.2 cm³/mol. The Bertz CT molecular complexity index is 471. The van der Waals surface area contributed by atoms with Crippen molar-refractivity contribution in [3.05, 3.63) is 48.6 Å². The minimum absolute atomic E-state index is 0.125. The number of rotatable bonds is 6. The topological polar surface area (TPSA) is 38.3 Å². The molecule has 3 heteroatoms. The molecule has 21 heavy (non-hydrogen) atoms. The van der Waals surface area contributed by atoms with E-state index in [9.17, 15) is 4.79 Å². The third-order valence-electron chi connectivity index (χ3n) is 4.31. The standard InChI is InChI=1S/C18H25NO2/c1-3-14-19-18(17(20)21-4-2)13-9-8-12-16(18)15-10-6-5-7-11-15/h3,5-7,10-11,16,19H,1,4,8-9,12-14H2,2H3. The second-order valence-electron chi connectivity index (χ2n) is 5.57. The zero-order valence-electron chi connectivity index (χ0n) is 12.8. The Morgan fingerprint density at radius 1 is 1.43 bits per heavy atom. The third kappa shape index (κ3) is 3.35. The van der Waals surface area contributed by atoms with Gasteiger partial charge < -0.3 is 4.74 Å². The van der Waals surface area contributed by atoms with E-state index in [0.29, 0.717) is 13.2 Å². The van der Waals surface area contributed by atoms with Crippen molar-refractivity contribution in [1.29, 1.82) is 0 Å². The fourth-order valence-electron chi connectivity index (χ4n) is 3.35. The molecule has 0 heterocycles. The van der Waals surface area contributed by atoms with Crippen LogP contribution in [0.5, 0.6) is 0 Å². The summed E-state index contributed by atoms with van der Waals surface area (Å²) >= 11 is 0. The maximum Gasteiger partial charge on any atom is 0.326 e. The van der Waals surface area contributed by atoms with Crippen molar-refractivity contribution >= 4 is 5.97 Å². The molecule has 0 spiro atoms. The van der Waals surface area contributed by atoms with Gasteiger partial charge in [0.05, 0.1) is 6.61 Å². The fraction of sp³-hybridized carbons (Fsp3) is 0.500. The molecule has 0 bridgehead atoms. The van der Waals surface area contributed by atoms with E-state index >= 15 is 0 Å². The van der Waals surface area contributed by atoms with E-state index in [-0.39, 0.29) is 11.9 Å². The number of hydrogen-bond acceptors (Lipinski definition) is 3. The Balaban J connectivity index is 2.37. The highest BCUT2D eigenvalue weighted by atomic mass is 16.5. The lowest BCUT2D eigenvalue weighted by atomic mass is 9.69. The van der Waals surface area contributed by atoms with Crippen LogP contribution >= 0.6 is 0 Å². The van der Waals surface area contributed by atoms with Gasteiger partial charge in [-0.05, 0) is 25.3 Å². The van der Waals surface area contributed by atoms with Gasteiger partial charge in [-0.25, -0.2) is 0 Å². The first kappa shape index (κ1) is 15.8. The summed E-state index contributed by atoms with van der Waals surface area (Å²) in [7, 11) is 0. The van der Waals surface area contributed by atoms with E-state index < -0.39 is 5.54 Å². The Labute approximate surface area is 127 Å². The summed E-state index contributed by atoms with van der Waals surface area (Å²) in [5, 5.41) is 3.43. The molecule has 1 aromatic rings. The summed E-state index contributed by atoms with van der Waals surface area (Å²) in [5.41, 5.74) is 0.589. The van der Waals surface area contributed by atoms with Crippen molar-refractivity contribution in [2.75, 3.05) is 13.2 Å². The van der Waals surface area contributed by atoms with Gasteiger partial charge in [0.2, 0.25) is 0 Å². The molecule has 2 atom stereocenters. The molecule has 1 aromatic carbocycles. The van der Waals surface area contributed by atoms with Crippen LogP contribution in [0.2, 0.25) is 0 Å². The van der Waals surface area contributed by atoms with E-state index in [1.807, 2.05) is 25.1 Å². The van der Waals surface area contributed by atoms with E-state index in [4.69, 9.17) is 4.74 Å². The number of carbonyl (C=O) groups excluding carboxylic acids is 1. The molecule has 0 saturated heterocycles. The number of carbonyl (C=O) groups is 1. The van der Waals surface area contributed by atoms with Crippen LogP contribution < -0.4 is 5.32 Å². The van der Waals surface area contributed by atoms with Crippen LogP contribution in [0, 0.1) is 0 Å². The van der Waals surface area contributed by atoms with Crippen LogP contribution in [0.1, 0.15) is 44.1 Å². The molecule has 0 aliphatic heterocycles. The summed E-state index contributed by atoms with van der Waals surface area (Å²) < 4.78 is 5.40. The normalized spacial score (nSPS) is 25.3. The molecular weight excluding hydrogens is 262 g/mol.